The lowest BCUT2D eigenvalue weighted by Crippen LogP contribution is -2.44. The van der Waals surface area contributed by atoms with E-state index in [1.807, 2.05) is 37.2 Å². The molecule has 4 aromatic heterocycles. The van der Waals surface area contributed by atoms with Crippen molar-refractivity contribution in [1.29, 1.82) is 0 Å². The van der Waals surface area contributed by atoms with Crippen LogP contribution in [-0.4, -0.2) is 37.4 Å². The molecule has 2 N–H and O–H groups in total. The molecule has 1 saturated carbocycles. The predicted octanol–water partition coefficient (Wildman–Crippen LogP) is 4.21. The number of hydrogen-bond acceptors (Lipinski definition) is 6. The number of piperidine rings is 1. The minimum atomic E-state index is 0.0689. The second kappa shape index (κ2) is 7.34. The Morgan fingerprint density at radius 3 is 2.65 bits per heavy atom. The summed E-state index contributed by atoms with van der Waals surface area (Å²) in [6.07, 6.45) is 17.3. The van der Waals surface area contributed by atoms with E-state index in [9.17, 15) is 0 Å². The predicted molar refractivity (Wildman–Crippen MR) is 132 cm³/mol. The molecule has 0 bridgehead atoms. The molecule has 172 valence electrons. The number of aromatic nitrogens is 5. The van der Waals surface area contributed by atoms with Crippen LogP contribution in [0.1, 0.15) is 60.0 Å². The van der Waals surface area contributed by atoms with Gasteiger partial charge in [-0.05, 0) is 79.2 Å². The molecule has 1 aliphatic heterocycles. The van der Waals surface area contributed by atoms with E-state index in [2.05, 4.69) is 38.3 Å². The number of nitrogens with two attached hydrogens (primary N) is 1. The molecule has 3 aliphatic rings. The van der Waals surface area contributed by atoms with Gasteiger partial charge >= 0.3 is 0 Å². The van der Waals surface area contributed by atoms with Crippen LogP contribution in [0.25, 0.3) is 16.9 Å². The summed E-state index contributed by atoms with van der Waals surface area (Å²) in [4.78, 5) is 21.0. The van der Waals surface area contributed by atoms with Gasteiger partial charge in [0.05, 0.1) is 6.20 Å². The van der Waals surface area contributed by atoms with Crippen molar-refractivity contribution in [3.05, 3.63) is 71.7 Å². The van der Waals surface area contributed by atoms with Crippen molar-refractivity contribution in [1.82, 2.24) is 24.3 Å². The minimum absolute atomic E-state index is 0.0689. The van der Waals surface area contributed by atoms with Crippen LogP contribution >= 0.6 is 0 Å². The first-order valence-electron chi connectivity index (χ1n) is 12.4. The Hall–Kier alpha value is -3.32. The molecule has 7 rings (SSSR count). The van der Waals surface area contributed by atoms with Crippen LogP contribution in [0, 0.1) is 12.3 Å². The molecule has 1 atom stereocenters. The lowest BCUT2D eigenvalue weighted by atomic mass is 9.73. The van der Waals surface area contributed by atoms with Crippen LogP contribution in [0.15, 0.2) is 49.3 Å². The highest BCUT2D eigenvalue weighted by Crippen LogP contribution is 2.51. The number of imidazole rings is 1. The van der Waals surface area contributed by atoms with E-state index in [1.54, 1.807) is 0 Å². The first-order chi connectivity index (χ1) is 16.6. The molecule has 1 spiro atoms. The maximum absolute atomic E-state index is 6.76. The van der Waals surface area contributed by atoms with Crippen LogP contribution in [0.3, 0.4) is 0 Å². The normalized spacial score (nSPS) is 21.4. The Bertz CT molecular complexity index is 1400. The van der Waals surface area contributed by atoms with E-state index in [4.69, 9.17) is 15.7 Å². The summed E-state index contributed by atoms with van der Waals surface area (Å²) >= 11 is 0. The molecule has 2 aliphatic carbocycles. The average molecular weight is 452 g/mol. The number of fused-ring (bicyclic) bond motifs is 2. The Balaban J connectivity index is 1.20. The van der Waals surface area contributed by atoms with Gasteiger partial charge in [0.2, 0.25) is 0 Å². The molecule has 4 aromatic rings. The Labute approximate surface area is 199 Å². The van der Waals surface area contributed by atoms with Gasteiger partial charge in [-0.3, -0.25) is 14.4 Å². The number of pyridine rings is 2. The summed E-state index contributed by atoms with van der Waals surface area (Å²) in [5.41, 5.74) is 14.2. The Morgan fingerprint density at radius 1 is 1.00 bits per heavy atom. The highest BCUT2D eigenvalue weighted by molar-refractivity contribution is 5.74. The second-order valence-corrected chi connectivity index (χ2v) is 10.3. The van der Waals surface area contributed by atoms with Crippen molar-refractivity contribution in [3.8, 4) is 11.4 Å². The molecule has 0 amide bonds. The van der Waals surface area contributed by atoms with Crippen LogP contribution in [0.5, 0.6) is 0 Å². The molecule has 0 aromatic carbocycles. The van der Waals surface area contributed by atoms with E-state index in [-0.39, 0.29) is 11.5 Å². The third kappa shape index (κ3) is 2.92. The van der Waals surface area contributed by atoms with Gasteiger partial charge in [0.1, 0.15) is 11.3 Å². The van der Waals surface area contributed by atoms with Crippen molar-refractivity contribution in [3.63, 3.8) is 0 Å². The molecule has 5 heterocycles. The Kier molecular flexibility index (Phi) is 4.34. The molecule has 7 heteroatoms. The van der Waals surface area contributed by atoms with Crippen LogP contribution in [-0.2, 0) is 6.42 Å². The lowest BCUT2D eigenvalue weighted by molar-refractivity contribution is 0.187. The van der Waals surface area contributed by atoms with Gasteiger partial charge in [-0.1, -0.05) is 0 Å². The van der Waals surface area contributed by atoms with Crippen molar-refractivity contribution < 1.29 is 0 Å². The van der Waals surface area contributed by atoms with Gasteiger partial charge in [0, 0.05) is 61.4 Å². The summed E-state index contributed by atoms with van der Waals surface area (Å²) in [7, 11) is 0. The zero-order valence-corrected chi connectivity index (χ0v) is 19.5. The topological polar surface area (TPSA) is 85.2 Å². The fraction of sp³-hybridized carbons (Fsp3) is 0.407. The first-order valence-corrected chi connectivity index (χ1v) is 12.4. The standard InChI is InChI=1S/C27H29N7/c1-17-23(18-2-3-18)20(5-9-30-17)25-32-16-22-26(31-10-13-34(22)25)33-11-6-27(7-12-33)14-19-4-8-29-15-21(19)24(27)28/h4-5,8-10,13,15-16,18,24H,2-3,6-7,11-12,14,28H2,1H3. The maximum atomic E-state index is 6.76. The number of anilines is 1. The largest absolute Gasteiger partial charge is 0.355 e. The fourth-order valence-electron chi connectivity index (χ4n) is 6.36. The highest BCUT2D eigenvalue weighted by atomic mass is 15.2. The van der Waals surface area contributed by atoms with E-state index in [1.165, 1.54) is 35.1 Å². The van der Waals surface area contributed by atoms with Crippen molar-refractivity contribution in [2.75, 3.05) is 18.0 Å². The number of hydrogen-bond donors (Lipinski definition) is 1. The lowest BCUT2D eigenvalue weighted by Gasteiger charge is -2.42. The van der Waals surface area contributed by atoms with Crippen LogP contribution < -0.4 is 10.6 Å². The van der Waals surface area contributed by atoms with E-state index >= 15 is 0 Å². The Morgan fingerprint density at radius 2 is 1.85 bits per heavy atom. The van der Waals surface area contributed by atoms with Gasteiger partial charge in [0.25, 0.3) is 0 Å². The average Bonchev–Trinajstić information content (AvgIpc) is 3.55. The van der Waals surface area contributed by atoms with Crippen molar-refractivity contribution >= 4 is 11.3 Å². The first kappa shape index (κ1) is 20.1. The molecule has 2 fully saturated rings. The summed E-state index contributed by atoms with van der Waals surface area (Å²) in [5, 5.41) is 0. The quantitative estimate of drug-likeness (QED) is 0.502. The molecule has 1 saturated heterocycles. The fourth-order valence-corrected chi connectivity index (χ4v) is 6.36. The molecule has 7 nitrogen and oxygen atoms in total. The highest BCUT2D eigenvalue weighted by Gasteiger charge is 2.46. The SMILES string of the molecule is Cc1nccc(-c2ncc3c(N4CCC5(CC4)Cc4ccncc4C5N)nccn23)c1C1CC1. The summed E-state index contributed by atoms with van der Waals surface area (Å²) < 4.78 is 2.20. The zero-order valence-electron chi connectivity index (χ0n) is 19.5. The van der Waals surface area contributed by atoms with Crippen molar-refractivity contribution in [2.24, 2.45) is 11.1 Å². The van der Waals surface area contributed by atoms with Gasteiger partial charge in [-0.25, -0.2) is 9.97 Å². The monoisotopic (exact) mass is 451 g/mol. The van der Waals surface area contributed by atoms with Crippen molar-refractivity contribution in [2.45, 2.75) is 51.0 Å². The smallest absolute Gasteiger partial charge is 0.154 e. The van der Waals surface area contributed by atoms with Gasteiger partial charge in [-0.2, -0.15) is 0 Å². The minimum Gasteiger partial charge on any atom is -0.355 e. The van der Waals surface area contributed by atoms with Gasteiger partial charge < -0.3 is 10.6 Å². The number of nitrogens with zero attached hydrogens (tertiary/aromatic N) is 6. The molecule has 1 unspecified atom stereocenters. The van der Waals surface area contributed by atoms with Crippen LogP contribution in [0.2, 0.25) is 0 Å². The maximum Gasteiger partial charge on any atom is 0.154 e. The number of aryl methyl sites for hydroxylation is 1. The molecule has 34 heavy (non-hydrogen) atoms. The van der Waals surface area contributed by atoms with Gasteiger partial charge in [0.15, 0.2) is 5.82 Å². The third-order valence-corrected chi connectivity index (χ3v) is 8.40. The number of rotatable bonds is 3. The van der Waals surface area contributed by atoms with E-state index < -0.39 is 0 Å². The van der Waals surface area contributed by atoms with E-state index in [0.717, 1.165) is 55.2 Å². The molecular formula is C27H29N7. The zero-order chi connectivity index (χ0) is 22.9. The van der Waals surface area contributed by atoms with Crippen LogP contribution in [0.4, 0.5) is 5.82 Å². The third-order valence-electron chi connectivity index (χ3n) is 8.40. The van der Waals surface area contributed by atoms with Gasteiger partial charge in [-0.15, -0.1) is 0 Å². The summed E-state index contributed by atoms with van der Waals surface area (Å²) in [5.74, 6) is 2.62. The summed E-state index contributed by atoms with van der Waals surface area (Å²) in [6, 6.07) is 4.33. The molecule has 0 radical (unpaired) electrons. The molecular weight excluding hydrogens is 422 g/mol. The second-order valence-electron chi connectivity index (χ2n) is 10.3. The summed E-state index contributed by atoms with van der Waals surface area (Å²) in [6.45, 7) is 4.01. The van der Waals surface area contributed by atoms with E-state index in [0.29, 0.717) is 5.92 Å².